The van der Waals surface area contributed by atoms with E-state index in [1.165, 1.54) is 0 Å². The molecule has 2 rings (SSSR count). The van der Waals surface area contributed by atoms with Crippen LogP contribution >= 0.6 is 0 Å². The van der Waals surface area contributed by atoms with Gasteiger partial charge in [-0.1, -0.05) is 10.8 Å². The molecule has 1 aliphatic rings. The van der Waals surface area contributed by atoms with Gasteiger partial charge in [0, 0.05) is 31.7 Å². The second kappa shape index (κ2) is 4.20. The maximum Gasteiger partial charge on any atom is 0.204 e. The number of rotatable bonds is 2. The van der Waals surface area contributed by atoms with Gasteiger partial charge >= 0.3 is 0 Å². The van der Waals surface area contributed by atoms with E-state index in [1.54, 1.807) is 11.8 Å². The van der Waals surface area contributed by atoms with Gasteiger partial charge in [0.05, 0.1) is 7.11 Å². The van der Waals surface area contributed by atoms with Gasteiger partial charge in [-0.3, -0.25) is 0 Å². The first-order chi connectivity index (χ1) is 8.01. The fourth-order valence-corrected chi connectivity index (χ4v) is 1.81. The van der Waals surface area contributed by atoms with Crippen LogP contribution in [0.2, 0.25) is 0 Å². The molecule has 0 unspecified atom stereocenters. The average Bonchev–Trinajstić information content (AvgIpc) is 2.52. The van der Waals surface area contributed by atoms with Crippen molar-refractivity contribution in [2.75, 3.05) is 7.11 Å². The van der Waals surface area contributed by atoms with Crippen LogP contribution in [0.1, 0.15) is 25.8 Å². The summed E-state index contributed by atoms with van der Waals surface area (Å²) in [6.45, 7) is 4.00. The summed E-state index contributed by atoms with van der Waals surface area (Å²) in [7, 11) is 1.63. The summed E-state index contributed by atoms with van der Waals surface area (Å²) in [5.74, 6) is 0.719. The Labute approximate surface area is 101 Å². The number of methoxy groups -OCH3 is 1. The van der Waals surface area contributed by atoms with Crippen molar-refractivity contribution >= 4 is 12.1 Å². The van der Waals surface area contributed by atoms with E-state index in [-0.39, 0.29) is 11.4 Å². The molecule has 4 nitrogen and oxygen atoms in total. The summed E-state index contributed by atoms with van der Waals surface area (Å²) in [6.07, 6.45) is 2.32. The lowest BCUT2D eigenvalue weighted by Gasteiger charge is -2.11. The molecule has 1 aromatic carbocycles. The summed E-state index contributed by atoms with van der Waals surface area (Å²) < 4.78 is 6.88. The van der Waals surface area contributed by atoms with Crippen LogP contribution < -0.4 is 9.84 Å². The van der Waals surface area contributed by atoms with Crippen molar-refractivity contribution in [1.29, 1.82) is 0 Å². The summed E-state index contributed by atoms with van der Waals surface area (Å²) in [5, 5.41) is 15.3. The molecule has 4 heteroatoms. The summed E-state index contributed by atoms with van der Waals surface area (Å²) in [4.78, 5) is 0. The van der Waals surface area contributed by atoms with Crippen molar-refractivity contribution in [2.24, 2.45) is 5.10 Å². The third kappa shape index (κ3) is 2.46. The smallest absolute Gasteiger partial charge is 0.204 e. The normalized spacial score (nSPS) is 20.4. The largest absolute Gasteiger partial charge is 0.857 e. The van der Waals surface area contributed by atoms with Crippen molar-refractivity contribution in [2.45, 2.75) is 25.8 Å². The van der Waals surface area contributed by atoms with E-state index in [9.17, 15) is 5.11 Å². The first kappa shape index (κ1) is 11.6. The molecule has 1 aromatic rings. The van der Waals surface area contributed by atoms with Gasteiger partial charge in [-0.15, -0.1) is 0 Å². The van der Waals surface area contributed by atoms with E-state index in [0.29, 0.717) is 6.42 Å². The molecule has 0 amide bonds. The lowest BCUT2D eigenvalue weighted by atomic mass is 10.0. The second-order valence-electron chi connectivity index (χ2n) is 4.73. The fourth-order valence-electron chi connectivity index (χ4n) is 1.81. The molecule has 0 N–H and O–H groups in total. The number of nitrogens with zero attached hydrogens (tertiary/aromatic N) is 2. The Kier molecular flexibility index (Phi) is 2.88. The van der Waals surface area contributed by atoms with Crippen molar-refractivity contribution in [3.8, 4) is 5.75 Å². The van der Waals surface area contributed by atoms with Crippen LogP contribution in [0, 0.1) is 0 Å². The van der Waals surface area contributed by atoms with Crippen molar-refractivity contribution in [1.82, 2.24) is 0 Å². The Bertz CT molecular complexity index is 490. The maximum atomic E-state index is 11.3. The van der Waals surface area contributed by atoms with Crippen LogP contribution in [0.25, 0.3) is 0 Å². The molecule has 0 saturated carbocycles. The minimum atomic E-state index is -0.250. The molecule has 0 bridgehead atoms. The van der Waals surface area contributed by atoms with Crippen LogP contribution in [0.4, 0.5) is 0 Å². The molecular formula is C13H16N2O2. The van der Waals surface area contributed by atoms with Crippen molar-refractivity contribution < 1.29 is 14.5 Å². The fraction of sp³-hybridized carbons (Fsp3) is 0.385. The van der Waals surface area contributed by atoms with Crippen molar-refractivity contribution in [3.05, 3.63) is 29.8 Å². The monoisotopic (exact) mass is 232 g/mol. The highest BCUT2D eigenvalue weighted by Gasteiger charge is 2.36. The van der Waals surface area contributed by atoms with Crippen LogP contribution in [-0.4, -0.2) is 29.4 Å². The van der Waals surface area contributed by atoms with E-state index in [4.69, 9.17) is 4.74 Å². The van der Waals surface area contributed by atoms with E-state index < -0.39 is 0 Å². The van der Waals surface area contributed by atoms with Crippen LogP contribution in [0.15, 0.2) is 29.4 Å². The lowest BCUT2D eigenvalue weighted by molar-refractivity contribution is -0.591. The molecule has 0 aliphatic carbocycles. The predicted molar refractivity (Wildman–Crippen MR) is 64.6 cm³/mol. The van der Waals surface area contributed by atoms with Gasteiger partial charge in [-0.2, -0.15) is 0 Å². The van der Waals surface area contributed by atoms with Gasteiger partial charge in [0.2, 0.25) is 6.21 Å². The summed E-state index contributed by atoms with van der Waals surface area (Å²) >= 11 is 0. The Balaban J connectivity index is 2.35. The predicted octanol–water partition coefficient (Wildman–Crippen LogP) is 0.983. The highest BCUT2D eigenvalue weighted by atomic mass is 16.5. The van der Waals surface area contributed by atoms with E-state index in [2.05, 4.69) is 5.10 Å². The highest BCUT2D eigenvalue weighted by molar-refractivity contribution is 5.78. The van der Waals surface area contributed by atoms with Gasteiger partial charge in [0.15, 0.2) is 5.54 Å². The summed E-state index contributed by atoms with van der Waals surface area (Å²) in [6, 6.07) is 7.66. The third-order valence-corrected chi connectivity index (χ3v) is 2.79. The van der Waals surface area contributed by atoms with Gasteiger partial charge in [0.1, 0.15) is 5.75 Å². The molecule has 0 spiro atoms. The molecule has 0 aromatic heterocycles. The molecular weight excluding hydrogens is 216 g/mol. The number of benzene rings is 1. The topological polar surface area (TPSA) is 47.7 Å². The van der Waals surface area contributed by atoms with E-state index in [0.717, 1.165) is 11.3 Å². The van der Waals surface area contributed by atoms with Crippen LogP contribution in [0.5, 0.6) is 5.75 Å². The SMILES string of the molecule is COc1cccc(/C=[N+]2\N=C([O-])CC2(C)C)c1. The highest BCUT2D eigenvalue weighted by Crippen LogP contribution is 2.21. The minimum Gasteiger partial charge on any atom is -0.857 e. The van der Waals surface area contributed by atoms with Gasteiger partial charge < -0.3 is 9.84 Å². The first-order valence-electron chi connectivity index (χ1n) is 5.54. The second-order valence-corrected chi connectivity index (χ2v) is 4.73. The number of hydrazone groups is 1. The molecule has 90 valence electrons. The van der Waals surface area contributed by atoms with E-state index >= 15 is 0 Å². The number of ether oxygens (including phenoxy) is 1. The zero-order valence-electron chi connectivity index (χ0n) is 10.3. The average molecular weight is 232 g/mol. The molecule has 0 atom stereocenters. The Morgan fingerprint density at radius 1 is 1.47 bits per heavy atom. The zero-order chi connectivity index (χ0) is 12.5. The maximum absolute atomic E-state index is 11.3. The lowest BCUT2D eigenvalue weighted by Crippen LogP contribution is -2.31. The van der Waals surface area contributed by atoms with Gasteiger partial charge in [-0.05, 0) is 23.3 Å². The zero-order valence-corrected chi connectivity index (χ0v) is 10.3. The summed E-state index contributed by atoms with van der Waals surface area (Å²) in [5.41, 5.74) is 0.719. The molecule has 1 heterocycles. The van der Waals surface area contributed by atoms with E-state index in [1.807, 2.05) is 44.3 Å². The van der Waals surface area contributed by atoms with Gasteiger partial charge in [0.25, 0.3) is 0 Å². The minimum absolute atomic E-state index is 0.0749. The molecule has 1 aliphatic heterocycles. The van der Waals surface area contributed by atoms with Gasteiger partial charge in [-0.25, -0.2) is 0 Å². The Morgan fingerprint density at radius 2 is 2.24 bits per heavy atom. The molecule has 17 heavy (non-hydrogen) atoms. The first-order valence-corrected chi connectivity index (χ1v) is 5.54. The number of hydrogen-bond acceptors (Lipinski definition) is 3. The van der Waals surface area contributed by atoms with Crippen LogP contribution in [0.3, 0.4) is 0 Å². The standard InChI is InChI=1S/C13H16N2O2/c1-13(2)8-12(16)14-15(13)9-10-5-4-6-11(7-10)17-3/h4-7,9H,8H2,1-3H3/b15-9-. The Hall–Kier alpha value is -1.84. The third-order valence-electron chi connectivity index (χ3n) is 2.79. The van der Waals surface area contributed by atoms with Crippen molar-refractivity contribution in [3.63, 3.8) is 0 Å². The molecule has 0 radical (unpaired) electrons. The molecule has 0 saturated heterocycles. The number of hydrogen-bond donors (Lipinski definition) is 0. The molecule has 0 fully saturated rings. The van der Waals surface area contributed by atoms with Crippen LogP contribution in [-0.2, 0) is 0 Å². The Morgan fingerprint density at radius 3 is 2.82 bits per heavy atom. The quantitative estimate of drug-likeness (QED) is 0.714.